The van der Waals surface area contributed by atoms with Gasteiger partial charge in [0.15, 0.2) is 11.3 Å². The summed E-state index contributed by atoms with van der Waals surface area (Å²) in [4.78, 5) is 26.7. The summed E-state index contributed by atoms with van der Waals surface area (Å²) in [6.07, 6.45) is -0.836. The van der Waals surface area contributed by atoms with Crippen LogP contribution in [0, 0.1) is 30.3 Å². The van der Waals surface area contributed by atoms with Gasteiger partial charge in [-0.3, -0.25) is 34.9 Å². The van der Waals surface area contributed by atoms with Crippen molar-refractivity contribution in [1.82, 2.24) is 0 Å². The van der Waals surface area contributed by atoms with E-state index < -0.39 is 47.6 Å². The molecule has 0 saturated heterocycles. The maximum absolute atomic E-state index is 10.9. The Kier molecular flexibility index (Phi) is 3.36. The van der Waals surface area contributed by atoms with Crippen LogP contribution in [0.2, 0.25) is 0 Å². The molecule has 0 aromatic rings. The number of allylic oxidation sites excluding steroid dienone is 1. The first kappa shape index (κ1) is 14.7. The van der Waals surface area contributed by atoms with Crippen molar-refractivity contribution in [3.05, 3.63) is 53.1 Å². The predicted molar refractivity (Wildman–Crippen MR) is 56.0 cm³/mol. The monoisotopic (exact) mass is 295 g/mol. The van der Waals surface area contributed by atoms with Gasteiger partial charge in [-0.2, -0.15) is 8.42 Å². The fourth-order valence-corrected chi connectivity index (χ4v) is 2.09. The van der Waals surface area contributed by atoms with E-state index in [-0.39, 0.29) is 12.2 Å². The Balaban J connectivity index is 3.52. The first-order valence-electron chi connectivity index (χ1n) is 4.35. The van der Waals surface area contributed by atoms with Crippen molar-refractivity contribution in [3.63, 3.8) is 0 Å². The smallest absolute Gasteiger partial charge is 0.282 e. The number of hydrogen-bond acceptors (Lipinski definition) is 8. The minimum atomic E-state index is -5.02. The van der Waals surface area contributed by atoms with Gasteiger partial charge in [-0.1, -0.05) is 0 Å². The molecule has 1 aliphatic carbocycles. The Morgan fingerprint density at radius 2 is 1.63 bits per heavy atom. The van der Waals surface area contributed by atoms with Crippen LogP contribution in [0.4, 0.5) is 0 Å². The average Bonchev–Trinajstić information content (AvgIpc) is 2.26. The van der Waals surface area contributed by atoms with Crippen molar-refractivity contribution in [2.45, 2.75) is 12.1 Å². The molecular weight excluding hydrogens is 290 g/mol. The van der Waals surface area contributed by atoms with Gasteiger partial charge in [-0.05, 0) is 6.08 Å². The third-order valence-electron chi connectivity index (χ3n) is 2.34. The second-order valence-electron chi connectivity index (χ2n) is 3.45. The van der Waals surface area contributed by atoms with Crippen LogP contribution in [0.15, 0.2) is 22.8 Å². The van der Waals surface area contributed by atoms with Crippen molar-refractivity contribution in [2.75, 3.05) is 0 Å². The summed E-state index contributed by atoms with van der Waals surface area (Å²) in [5, 5.41) is 32.0. The van der Waals surface area contributed by atoms with Gasteiger partial charge in [0.25, 0.3) is 5.70 Å². The van der Waals surface area contributed by atoms with Crippen LogP contribution in [0.5, 0.6) is 0 Å². The molecule has 19 heavy (non-hydrogen) atoms. The molecule has 13 heteroatoms. The van der Waals surface area contributed by atoms with E-state index in [1.54, 1.807) is 0 Å². The summed E-state index contributed by atoms with van der Waals surface area (Å²) < 4.78 is 30.4. The third-order valence-corrected chi connectivity index (χ3v) is 3.27. The Labute approximate surface area is 104 Å². The molecule has 0 fully saturated rings. The lowest BCUT2D eigenvalue weighted by Crippen LogP contribution is -2.46. The van der Waals surface area contributed by atoms with Gasteiger partial charge in [0.2, 0.25) is 0 Å². The Morgan fingerprint density at radius 1 is 1.16 bits per heavy atom. The first-order chi connectivity index (χ1) is 8.52. The summed E-state index contributed by atoms with van der Waals surface area (Å²) >= 11 is 0. The van der Waals surface area contributed by atoms with Crippen LogP contribution >= 0.6 is 0 Å². The molecular formula is C6H5N3O9S. The Bertz CT molecular complexity index is 616. The SMILES string of the molecule is O=[N+]([O-])C1=C(S(=O)(=O)O)C=CC([N+](=O)[O-])([N+](=O)[O-])C1. The van der Waals surface area contributed by atoms with E-state index in [2.05, 4.69) is 0 Å². The number of hydrogen-bond donors (Lipinski definition) is 1. The molecule has 0 atom stereocenters. The fourth-order valence-electron chi connectivity index (χ4n) is 1.40. The molecule has 0 aromatic carbocycles. The van der Waals surface area contributed by atoms with E-state index in [0.717, 1.165) is 0 Å². The lowest BCUT2D eigenvalue weighted by molar-refractivity contribution is -0.782. The second-order valence-corrected chi connectivity index (χ2v) is 4.84. The van der Waals surface area contributed by atoms with E-state index in [1.807, 2.05) is 0 Å². The predicted octanol–water partition coefficient (Wildman–Crippen LogP) is -0.428. The quantitative estimate of drug-likeness (QED) is 0.311. The largest absolute Gasteiger partial charge is 0.488 e. The molecule has 0 amide bonds. The Hall–Kier alpha value is -2.41. The zero-order valence-corrected chi connectivity index (χ0v) is 9.64. The molecule has 0 spiro atoms. The second kappa shape index (κ2) is 4.36. The fraction of sp³-hybridized carbons (Fsp3) is 0.333. The molecule has 0 saturated carbocycles. The topological polar surface area (TPSA) is 184 Å². The molecule has 0 unspecified atom stereocenters. The molecule has 1 aliphatic rings. The maximum atomic E-state index is 10.9. The van der Waals surface area contributed by atoms with Gasteiger partial charge in [0.05, 0.1) is 11.0 Å². The summed E-state index contributed by atoms with van der Waals surface area (Å²) in [7, 11) is -5.02. The van der Waals surface area contributed by atoms with Crippen LogP contribution in [0.1, 0.15) is 6.42 Å². The van der Waals surface area contributed by atoms with Crippen LogP contribution in [-0.2, 0) is 10.1 Å². The van der Waals surface area contributed by atoms with Gasteiger partial charge in [-0.25, -0.2) is 0 Å². The summed E-state index contributed by atoms with van der Waals surface area (Å²) in [5.41, 5.74) is -4.35. The van der Waals surface area contributed by atoms with Gasteiger partial charge in [0.1, 0.15) is 9.85 Å². The third kappa shape index (κ3) is 2.41. The molecule has 1 N–H and O–H groups in total. The van der Waals surface area contributed by atoms with Crippen LogP contribution in [-0.4, -0.2) is 33.4 Å². The molecule has 0 radical (unpaired) electrons. The molecule has 12 nitrogen and oxygen atoms in total. The number of nitro groups is 3. The molecule has 0 aliphatic heterocycles. The normalized spacial score (nSPS) is 18.2. The van der Waals surface area contributed by atoms with E-state index in [4.69, 9.17) is 4.55 Å². The van der Waals surface area contributed by atoms with Crippen molar-refractivity contribution in [3.8, 4) is 0 Å². The van der Waals surface area contributed by atoms with E-state index in [9.17, 15) is 38.8 Å². The highest BCUT2D eigenvalue weighted by Gasteiger charge is 2.60. The first-order valence-corrected chi connectivity index (χ1v) is 5.79. The van der Waals surface area contributed by atoms with Crippen molar-refractivity contribution in [1.29, 1.82) is 0 Å². The highest BCUT2D eigenvalue weighted by Crippen LogP contribution is 2.32. The lowest BCUT2D eigenvalue weighted by Gasteiger charge is -2.16. The van der Waals surface area contributed by atoms with Crippen LogP contribution in [0.3, 0.4) is 0 Å². The molecule has 0 aromatic heterocycles. The van der Waals surface area contributed by atoms with Gasteiger partial charge < -0.3 is 0 Å². The standard InChI is InChI=1S/C6H5N3O9S/c10-7(11)4-3-6(8(12)13,9(14)15)2-1-5(4)19(16,17)18/h1-2H,3H2,(H,16,17,18). The highest BCUT2D eigenvalue weighted by atomic mass is 32.2. The zero-order valence-electron chi connectivity index (χ0n) is 8.82. The molecule has 1 rings (SSSR count). The average molecular weight is 295 g/mol. The zero-order chi connectivity index (χ0) is 15.0. The van der Waals surface area contributed by atoms with E-state index >= 15 is 0 Å². The summed E-state index contributed by atoms with van der Waals surface area (Å²) in [6.45, 7) is 0. The maximum Gasteiger partial charge on any atom is 0.488 e. The van der Waals surface area contributed by atoms with E-state index in [1.165, 1.54) is 0 Å². The molecule has 0 bridgehead atoms. The van der Waals surface area contributed by atoms with Crippen molar-refractivity contribution in [2.24, 2.45) is 0 Å². The highest BCUT2D eigenvalue weighted by molar-refractivity contribution is 7.90. The van der Waals surface area contributed by atoms with Crippen molar-refractivity contribution >= 4 is 10.1 Å². The lowest BCUT2D eigenvalue weighted by atomic mass is 10.00. The molecule has 0 heterocycles. The van der Waals surface area contributed by atoms with Gasteiger partial charge >= 0.3 is 15.8 Å². The number of rotatable bonds is 4. The van der Waals surface area contributed by atoms with E-state index in [0.29, 0.717) is 0 Å². The van der Waals surface area contributed by atoms with Gasteiger partial charge in [0, 0.05) is 0 Å². The summed E-state index contributed by atoms with van der Waals surface area (Å²) in [6, 6.07) is 0. The van der Waals surface area contributed by atoms with Crippen LogP contribution < -0.4 is 0 Å². The Morgan fingerprint density at radius 3 is 1.95 bits per heavy atom. The number of nitrogens with zero attached hydrogens (tertiary/aromatic N) is 3. The minimum absolute atomic E-state index is 0.280. The van der Waals surface area contributed by atoms with Crippen LogP contribution in [0.25, 0.3) is 0 Å². The van der Waals surface area contributed by atoms with Gasteiger partial charge in [-0.15, -0.1) is 0 Å². The minimum Gasteiger partial charge on any atom is -0.282 e. The van der Waals surface area contributed by atoms with Crippen molar-refractivity contribution < 1.29 is 27.7 Å². The molecule has 104 valence electrons. The summed E-state index contributed by atoms with van der Waals surface area (Å²) in [5.74, 6) is 0.